The minimum atomic E-state index is -4.46. The maximum absolute atomic E-state index is 12.9. The van der Waals surface area contributed by atoms with Crippen molar-refractivity contribution in [2.75, 3.05) is 44.7 Å². The Morgan fingerprint density at radius 2 is 1.79 bits per heavy atom. The quantitative estimate of drug-likeness (QED) is 0.740. The lowest BCUT2D eigenvalue weighted by Gasteiger charge is -2.27. The van der Waals surface area contributed by atoms with E-state index in [2.05, 4.69) is 15.5 Å². The molecular weight excluding hydrogens is 383 g/mol. The van der Waals surface area contributed by atoms with E-state index in [0.717, 1.165) is 37.3 Å². The maximum atomic E-state index is 12.9. The molecule has 1 aliphatic heterocycles. The Balaban J connectivity index is 1.67. The fraction of sp³-hybridized carbons (Fsp3) is 0.381. The highest BCUT2D eigenvalue weighted by Gasteiger charge is 2.30. The van der Waals surface area contributed by atoms with Crippen LogP contribution in [-0.2, 0) is 15.7 Å². The van der Waals surface area contributed by atoms with E-state index in [1.54, 1.807) is 0 Å². The number of carbonyl (C=O) groups is 1. The van der Waals surface area contributed by atoms with Gasteiger partial charge in [0, 0.05) is 31.9 Å². The normalized spacial score (nSPS) is 16.4. The zero-order valence-corrected chi connectivity index (χ0v) is 15.9. The van der Waals surface area contributed by atoms with Gasteiger partial charge >= 0.3 is 6.18 Å². The number of morpholine rings is 1. The van der Waals surface area contributed by atoms with Crippen molar-refractivity contribution in [3.8, 4) is 0 Å². The Hall–Kier alpha value is -2.42. The zero-order chi connectivity index (χ0) is 20.7. The fourth-order valence-electron chi connectivity index (χ4n) is 3.19. The first-order valence-corrected chi connectivity index (χ1v) is 9.50. The van der Waals surface area contributed by atoms with E-state index < -0.39 is 23.7 Å². The molecule has 1 atom stereocenters. The summed E-state index contributed by atoms with van der Waals surface area (Å²) in [6.45, 7) is 4.39. The van der Waals surface area contributed by atoms with Gasteiger partial charge in [0.2, 0.25) is 5.91 Å². The van der Waals surface area contributed by atoms with Gasteiger partial charge in [0.15, 0.2) is 0 Å². The molecule has 2 aromatic carbocycles. The lowest BCUT2D eigenvalue weighted by atomic mass is 10.1. The van der Waals surface area contributed by atoms with Gasteiger partial charge in [-0.15, -0.1) is 0 Å². The van der Waals surface area contributed by atoms with Crippen molar-refractivity contribution >= 4 is 11.6 Å². The lowest BCUT2D eigenvalue weighted by molar-refractivity contribution is -0.137. The van der Waals surface area contributed by atoms with Crippen molar-refractivity contribution in [2.45, 2.75) is 12.2 Å². The second kappa shape index (κ2) is 9.87. The van der Waals surface area contributed by atoms with Crippen LogP contribution in [0.1, 0.15) is 17.2 Å². The molecule has 2 N–H and O–H groups in total. The van der Waals surface area contributed by atoms with Crippen LogP contribution in [0.25, 0.3) is 0 Å². The summed E-state index contributed by atoms with van der Waals surface area (Å²) in [6.07, 6.45) is -4.46. The third-order valence-electron chi connectivity index (χ3n) is 4.73. The van der Waals surface area contributed by atoms with Crippen LogP contribution in [-0.4, -0.2) is 50.2 Å². The van der Waals surface area contributed by atoms with E-state index in [1.807, 2.05) is 30.3 Å². The molecule has 8 heteroatoms. The largest absolute Gasteiger partial charge is 0.416 e. The molecule has 0 aliphatic carbocycles. The van der Waals surface area contributed by atoms with Gasteiger partial charge in [0.25, 0.3) is 0 Å². The van der Waals surface area contributed by atoms with Crippen molar-refractivity contribution in [2.24, 2.45) is 0 Å². The molecule has 1 amide bonds. The monoisotopic (exact) mass is 407 g/mol. The highest BCUT2D eigenvalue weighted by atomic mass is 19.4. The van der Waals surface area contributed by atoms with Gasteiger partial charge in [0.05, 0.1) is 18.8 Å². The third-order valence-corrected chi connectivity index (χ3v) is 4.73. The van der Waals surface area contributed by atoms with E-state index in [0.29, 0.717) is 19.8 Å². The number of hydrogen-bond acceptors (Lipinski definition) is 4. The van der Waals surface area contributed by atoms with Gasteiger partial charge in [0.1, 0.15) is 6.04 Å². The van der Waals surface area contributed by atoms with Crippen LogP contribution in [0.15, 0.2) is 54.6 Å². The van der Waals surface area contributed by atoms with Gasteiger partial charge in [-0.05, 0) is 23.8 Å². The van der Waals surface area contributed by atoms with Gasteiger partial charge in [-0.2, -0.15) is 13.2 Å². The molecule has 1 saturated heterocycles. The number of halogens is 3. The first kappa shape index (κ1) is 21.3. The summed E-state index contributed by atoms with van der Waals surface area (Å²) in [5.74, 6) is -0.405. The summed E-state index contributed by atoms with van der Waals surface area (Å²) in [5.41, 5.74) is 0.0616. The summed E-state index contributed by atoms with van der Waals surface area (Å²) >= 11 is 0. The number of rotatable bonds is 7. The van der Waals surface area contributed by atoms with Crippen LogP contribution in [0, 0.1) is 0 Å². The summed E-state index contributed by atoms with van der Waals surface area (Å²) in [7, 11) is 0. The highest BCUT2D eigenvalue weighted by Crippen LogP contribution is 2.30. The van der Waals surface area contributed by atoms with E-state index in [1.165, 1.54) is 12.1 Å². The summed E-state index contributed by atoms with van der Waals surface area (Å²) < 4.78 is 44.1. The van der Waals surface area contributed by atoms with E-state index >= 15 is 0 Å². The number of anilines is 1. The minimum absolute atomic E-state index is 0.112. The van der Waals surface area contributed by atoms with E-state index in [-0.39, 0.29) is 5.69 Å². The topological polar surface area (TPSA) is 53.6 Å². The van der Waals surface area contributed by atoms with Crippen LogP contribution in [0.5, 0.6) is 0 Å². The van der Waals surface area contributed by atoms with Crippen LogP contribution in [0.3, 0.4) is 0 Å². The molecule has 0 bridgehead atoms. The average molecular weight is 407 g/mol. The van der Waals surface area contributed by atoms with E-state index in [9.17, 15) is 18.0 Å². The average Bonchev–Trinajstić information content (AvgIpc) is 2.72. The number of nitrogens with zero attached hydrogens (tertiary/aromatic N) is 1. The van der Waals surface area contributed by atoms with Crippen LogP contribution in [0.4, 0.5) is 18.9 Å². The van der Waals surface area contributed by atoms with Gasteiger partial charge in [-0.1, -0.05) is 36.4 Å². The minimum Gasteiger partial charge on any atom is -0.379 e. The second-order valence-electron chi connectivity index (χ2n) is 6.82. The summed E-state index contributed by atoms with van der Waals surface area (Å²) in [5, 5.41) is 5.84. The molecule has 2 aromatic rings. The summed E-state index contributed by atoms with van der Waals surface area (Å²) in [4.78, 5) is 15.1. The number of benzene rings is 2. The molecule has 5 nitrogen and oxygen atoms in total. The standard InChI is InChI=1S/C21H24F3N3O2/c22-21(23,24)17-7-4-8-18(15-17)26-20(28)19(16-5-2-1-3-6-16)25-9-10-27-11-13-29-14-12-27/h1-8,15,19,25H,9-14H2,(H,26,28). The van der Waals surface area contributed by atoms with Crippen LogP contribution in [0.2, 0.25) is 0 Å². The molecule has 1 heterocycles. The number of nitrogens with one attached hydrogen (secondary N) is 2. The highest BCUT2D eigenvalue weighted by molar-refractivity contribution is 5.95. The molecule has 0 spiro atoms. The number of ether oxygens (including phenoxy) is 1. The molecule has 0 aromatic heterocycles. The third kappa shape index (κ3) is 6.28. The Morgan fingerprint density at radius 3 is 2.48 bits per heavy atom. The first-order chi connectivity index (χ1) is 13.9. The van der Waals surface area contributed by atoms with Crippen LogP contribution < -0.4 is 10.6 Å². The Kier molecular flexibility index (Phi) is 7.24. The molecule has 1 fully saturated rings. The fourth-order valence-corrected chi connectivity index (χ4v) is 3.19. The molecule has 156 valence electrons. The molecular formula is C21H24F3N3O2. The van der Waals surface area contributed by atoms with Crippen molar-refractivity contribution in [3.63, 3.8) is 0 Å². The Bertz CT molecular complexity index is 793. The number of carbonyl (C=O) groups excluding carboxylic acids is 1. The SMILES string of the molecule is O=C(Nc1cccc(C(F)(F)F)c1)C(NCCN1CCOCC1)c1ccccc1. The summed E-state index contributed by atoms with van der Waals surface area (Å²) in [6, 6.07) is 13.1. The van der Waals surface area contributed by atoms with E-state index in [4.69, 9.17) is 4.74 Å². The van der Waals surface area contributed by atoms with Gasteiger partial charge < -0.3 is 15.4 Å². The molecule has 0 saturated carbocycles. The van der Waals surface area contributed by atoms with Crippen LogP contribution >= 0.6 is 0 Å². The number of amides is 1. The number of alkyl halides is 3. The predicted molar refractivity (Wildman–Crippen MR) is 105 cm³/mol. The maximum Gasteiger partial charge on any atom is 0.416 e. The first-order valence-electron chi connectivity index (χ1n) is 9.50. The van der Waals surface area contributed by atoms with Crippen molar-refractivity contribution < 1.29 is 22.7 Å². The Labute approximate surface area is 167 Å². The van der Waals surface area contributed by atoms with Crippen molar-refractivity contribution in [3.05, 3.63) is 65.7 Å². The molecule has 0 radical (unpaired) electrons. The second-order valence-corrected chi connectivity index (χ2v) is 6.82. The number of hydrogen-bond donors (Lipinski definition) is 2. The molecule has 1 aliphatic rings. The van der Waals surface area contributed by atoms with Gasteiger partial charge in [-0.25, -0.2) is 0 Å². The predicted octanol–water partition coefficient (Wildman–Crippen LogP) is 3.31. The lowest BCUT2D eigenvalue weighted by Crippen LogP contribution is -2.42. The van der Waals surface area contributed by atoms with Crippen molar-refractivity contribution in [1.82, 2.24) is 10.2 Å². The van der Waals surface area contributed by atoms with Crippen molar-refractivity contribution in [1.29, 1.82) is 0 Å². The zero-order valence-electron chi connectivity index (χ0n) is 15.9. The molecule has 3 rings (SSSR count). The molecule has 1 unspecified atom stereocenters. The Morgan fingerprint density at radius 1 is 1.07 bits per heavy atom. The van der Waals surface area contributed by atoms with Gasteiger partial charge in [-0.3, -0.25) is 9.69 Å². The molecule has 29 heavy (non-hydrogen) atoms. The smallest absolute Gasteiger partial charge is 0.379 e.